The molecule has 0 unspecified atom stereocenters. The first-order valence-electron chi connectivity index (χ1n) is 6.08. The summed E-state index contributed by atoms with van der Waals surface area (Å²) in [6.07, 6.45) is -1.83. The van der Waals surface area contributed by atoms with E-state index in [-0.39, 0.29) is 0 Å². The minimum atomic E-state index is -1.83. The molecule has 0 heterocycles. The van der Waals surface area contributed by atoms with Crippen LogP contribution in [-0.2, 0) is 0 Å². The maximum atomic E-state index is 8.56. The van der Waals surface area contributed by atoms with Crippen molar-refractivity contribution in [2.45, 2.75) is 19.8 Å². The second-order valence-corrected chi connectivity index (χ2v) is 4.43. The van der Waals surface area contributed by atoms with Crippen LogP contribution in [0.3, 0.4) is 0 Å². The lowest BCUT2D eigenvalue weighted by molar-refractivity contribution is 0.137. The highest BCUT2D eigenvalue weighted by atomic mass is 16.6. The van der Waals surface area contributed by atoms with Crippen molar-refractivity contribution in [1.29, 1.82) is 0 Å². The summed E-state index contributed by atoms with van der Waals surface area (Å²) in [4.78, 5) is 8.56. The number of hydrogen-bond acceptors (Lipinski definition) is 1. The van der Waals surface area contributed by atoms with Crippen molar-refractivity contribution in [3.05, 3.63) is 60.2 Å². The Hall–Kier alpha value is -2.29. The Labute approximate surface area is 113 Å². The standard InChI is InChI=1S/C15H16.CH2O3/c1-12(2)13-8-10-15(11-9-13)14-6-4-3-5-7-14;2-1(3)4/h3-12H,1-2H3;(H2,2,3,4). The van der Waals surface area contributed by atoms with Crippen LogP contribution in [-0.4, -0.2) is 16.4 Å². The fourth-order valence-electron chi connectivity index (χ4n) is 1.69. The van der Waals surface area contributed by atoms with Crippen molar-refractivity contribution in [3.8, 4) is 11.1 Å². The molecule has 2 aromatic rings. The maximum Gasteiger partial charge on any atom is 0.503 e. The van der Waals surface area contributed by atoms with Crippen LogP contribution in [0.25, 0.3) is 11.1 Å². The first kappa shape index (κ1) is 14.8. The molecule has 0 spiro atoms. The van der Waals surface area contributed by atoms with E-state index in [1.807, 2.05) is 6.07 Å². The smallest absolute Gasteiger partial charge is 0.450 e. The molecule has 0 saturated heterocycles. The van der Waals surface area contributed by atoms with E-state index in [4.69, 9.17) is 15.0 Å². The van der Waals surface area contributed by atoms with Crippen molar-refractivity contribution < 1.29 is 15.0 Å². The summed E-state index contributed by atoms with van der Waals surface area (Å²) in [6.45, 7) is 4.44. The van der Waals surface area contributed by atoms with E-state index >= 15 is 0 Å². The van der Waals surface area contributed by atoms with Gasteiger partial charge in [0.05, 0.1) is 0 Å². The van der Waals surface area contributed by atoms with Gasteiger partial charge in [-0.2, -0.15) is 0 Å². The zero-order valence-corrected chi connectivity index (χ0v) is 11.1. The molecule has 0 radical (unpaired) electrons. The first-order chi connectivity index (χ1) is 9.00. The second kappa shape index (κ2) is 7.21. The normalized spacial score (nSPS) is 9.63. The summed E-state index contributed by atoms with van der Waals surface area (Å²) in [6, 6.07) is 19.3. The lowest BCUT2D eigenvalue weighted by Gasteiger charge is -2.06. The molecule has 100 valence electrons. The summed E-state index contributed by atoms with van der Waals surface area (Å²) in [5.41, 5.74) is 3.97. The van der Waals surface area contributed by atoms with Gasteiger partial charge in [-0.25, -0.2) is 4.79 Å². The Morgan fingerprint density at radius 2 is 1.26 bits per heavy atom. The average molecular weight is 258 g/mol. The Bertz CT molecular complexity index is 497. The molecular weight excluding hydrogens is 240 g/mol. The van der Waals surface area contributed by atoms with Crippen LogP contribution in [0.1, 0.15) is 25.3 Å². The van der Waals surface area contributed by atoms with Gasteiger partial charge in [-0.15, -0.1) is 0 Å². The zero-order chi connectivity index (χ0) is 14.3. The third-order valence-electron chi connectivity index (χ3n) is 2.68. The van der Waals surface area contributed by atoms with Gasteiger partial charge in [0, 0.05) is 0 Å². The SMILES string of the molecule is CC(C)c1ccc(-c2ccccc2)cc1.O=C(O)O. The lowest BCUT2D eigenvalue weighted by Crippen LogP contribution is -1.86. The van der Waals surface area contributed by atoms with Gasteiger partial charge < -0.3 is 10.2 Å². The number of carboxylic acid groups (broad SMARTS) is 2. The zero-order valence-electron chi connectivity index (χ0n) is 11.1. The molecule has 2 aromatic carbocycles. The van der Waals surface area contributed by atoms with E-state index in [0.29, 0.717) is 5.92 Å². The summed E-state index contributed by atoms with van der Waals surface area (Å²) in [7, 11) is 0. The predicted octanol–water partition coefficient (Wildman–Crippen LogP) is 4.70. The van der Waals surface area contributed by atoms with E-state index in [1.165, 1.54) is 16.7 Å². The van der Waals surface area contributed by atoms with Crippen LogP contribution in [0.5, 0.6) is 0 Å². The summed E-state index contributed by atoms with van der Waals surface area (Å²) >= 11 is 0. The average Bonchev–Trinajstić information content (AvgIpc) is 2.39. The molecule has 0 aromatic heterocycles. The van der Waals surface area contributed by atoms with E-state index < -0.39 is 6.16 Å². The van der Waals surface area contributed by atoms with E-state index in [1.54, 1.807) is 0 Å². The molecule has 3 nitrogen and oxygen atoms in total. The van der Waals surface area contributed by atoms with Gasteiger partial charge in [0.25, 0.3) is 0 Å². The Morgan fingerprint density at radius 1 is 0.842 bits per heavy atom. The molecule has 0 aliphatic rings. The molecule has 3 heteroatoms. The highest BCUT2D eigenvalue weighted by Gasteiger charge is 1.99. The van der Waals surface area contributed by atoms with Crippen LogP contribution < -0.4 is 0 Å². The summed E-state index contributed by atoms with van der Waals surface area (Å²) in [5.74, 6) is 0.606. The highest BCUT2D eigenvalue weighted by Crippen LogP contribution is 2.22. The van der Waals surface area contributed by atoms with Crippen molar-refractivity contribution in [3.63, 3.8) is 0 Å². The third-order valence-corrected chi connectivity index (χ3v) is 2.68. The Balaban J connectivity index is 0.000000399. The van der Waals surface area contributed by atoms with Gasteiger partial charge in [-0.05, 0) is 22.6 Å². The predicted molar refractivity (Wildman–Crippen MR) is 76.6 cm³/mol. The monoisotopic (exact) mass is 258 g/mol. The van der Waals surface area contributed by atoms with E-state index in [9.17, 15) is 0 Å². The van der Waals surface area contributed by atoms with Gasteiger partial charge in [-0.1, -0.05) is 68.4 Å². The third kappa shape index (κ3) is 5.25. The van der Waals surface area contributed by atoms with Gasteiger partial charge in [-0.3, -0.25) is 0 Å². The molecule has 2 rings (SSSR count). The molecule has 19 heavy (non-hydrogen) atoms. The molecular formula is C16H18O3. The van der Waals surface area contributed by atoms with Crippen molar-refractivity contribution in [2.75, 3.05) is 0 Å². The summed E-state index contributed by atoms with van der Waals surface area (Å²) < 4.78 is 0. The largest absolute Gasteiger partial charge is 0.503 e. The van der Waals surface area contributed by atoms with Crippen LogP contribution in [0.2, 0.25) is 0 Å². The van der Waals surface area contributed by atoms with Crippen LogP contribution >= 0.6 is 0 Å². The van der Waals surface area contributed by atoms with Crippen LogP contribution in [0.4, 0.5) is 4.79 Å². The number of benzene rings is 2. The van der Waals surface area contributed by atoms with Crippen molar-refractivity contribution in [2.24, 2.45) is 0 Å². The highest BCUT2D eigenvalue weighted by molar-refractivity contribution is 5.63. The topological polar surface area (TPSA) is 57.5 Å². The fourth-order valence-corrected chi connectivity index (χ4v) is 1.69. The minimum absolute atomic E-state index is 0.606. The van der Waals surface area contributed by atoms with Gasteiger partial charge in [0.2, 0.25) is 0 Å². The molecule has 0 aliphatic heterocycles. The van der Waals surface area contributed by atoms with Gasteiger partial charge in [0.1, 0.15) is 0 Å². The molecule has 0 bridgehead atoms. The maximum absolute atomic E-state index is 8.56. The molecule has 0 aliphatic carbocycles. The lowest BCUT2D eigenvalue weighted by atomic mass is 9.99. The molecule has 0 atom stereocenters. The van der Waals surface area contributed by atoms with Crippen molar-refractivity contribution in [1.82, 2.24) is 0 Å². The van der Waals surface area contributed by atoms with E-state index in [2.05, 4.69) is 62.4 Å². The fraction of sp³-hybridized carbons (Fsp3) is 0.188. The van der Waals surface area contributed by atoms with Crippen molar-refractivity contribution >= 4 is 6.16 Å². The molecule has 0 fully saturated rings. The molecule has 0 amide bonds. The Kier molecular flexibility index (Phi) is 5.61. The molecule has 0 saturated carbocycles. The summed E-state index contributed by atoms with van der Waals surface area (Å²) in [5, 5.41) is 13.9. The number of carbonyl (C=O) groups is 1. The quantitative estimate of drug-likeness (QED) is 0.820. The number of hydrogen-bond donors (Lipinski definition) is 2. The van der Waals surface area contributed by atoms with E-state index in [0.717, 1.165) is 0 Å². The van der Waals surface area contributed by atoms with Crippen LogP contribution in [0, 0.1) is 0 Å². The van der Waals surface area contributed by atoms with Gasteiger partial charge in [0.15, 0.2) is 0 Å². The Morgan fingerprint density at radius 3 is 1.68 bits per heavy atom. The first-order valence-corrected chi connectivity index (χ1v) is 6.08. The molecule has 2 N–H and O–H groups in total. The second-order valence-electron chi connectivity index (χ2n) is 4.43. The minimum Gasteiger partial charge on any atom is -0.450 e. The number of rotatable bonds is 2. The van der Waals surface area contributed by atoms with Crippen LogP contribution in [0.15, 0.2) is 54.6 Å². The van der Waals surface area contributed by atoms with Gasteiger partial charge >= 0.3 is 6.16 Å².